The summed E-state index contributed by atoms with van der Waals surface area (Å²) in [5.41, 5.74) is 1.76. The van der Waals surface area contributed by atoms with Gasteiger partial charge >= 0.3 is 5.69 Å². The average Bonchev–Trinajstić information content (AvgIpc) is 3.15. The van der Waals surface area contributed by atoms with Crippen molar-refractivity contribution in [2.45, 2.75) is 25.0 Å². The van der Waals surface area contributed by atoms with Crippen LogP contribution in [0.1, 0.15) is 18.9 Å². The summed E-state index contributed by atoms with van der Waals surface area (Å²) in [6, 6.07) is 15.5. The quantitative estimate of drug-likeness (QED) is 0.664. The summed E-state index contributed by atoms with van der Waals surface area (Å²) >= 11 is 0. The van der Waals surface area contributed by atoms with Gasteiger partial charge in [-0.3, -0.25) is 14.3 Å². The van der Waals surface area contributed by atoms with E-state index < -0.39 is 0 Å². The van der Waals surface area contributed by atoms with E-state index in [1.807, 2.05) is 60.1 Å². The van der Waals surface area contributed by atoms with Gasteiger partial charge in [0.15, 0.2) is 17.6 Å². The normalized spacial score (nSPS) is 19.2. The van der Waals surface area contributed by atoms with E-state index in [4.69, 9.17) is 9.47 Å². The number of hydrogen-bond donors (Lipinski definition) is 1. The summed E-state index contributed by atoms with van der Waals surface area (Å²) < 4.78 is 13.6. The fourth-order valence-corrected chi connectivity index (χ4v) is 4.64. The first-order valence-electron chi connectivity index (χ1n) is 11.1. The van der Waals surface area contributed by atoms with Gasteiger partial charge in [0.2, 0.25) is 5.91 Å². The van der Waals surface area contributed by atoms with Crippen LogP contribution in [0.3, 0.4) is 0 Å². The maximum Gasteiger partial charge on any atom is 0.326 e. The molecule has 2 aromatic carbocycles. The molecule has 0 aliphatic carbocycles. The molecule has 2 aliphatic rings. The largest absolute Gasteiger partial charge is 0.486 e. The van der Waals surface area contributed by atoms with Gasteiger partial charge < -0.3 is 19.4 Å². The number of likely N-dealkylation sites (tertiary alicyclic amines) is 1. The Morgan fingerprint density at radius 1 is 1.09 bits per heavy atom. The summed E-state index contributed by atoms with van der Waals surface area (Å²) in [7, 11) is 1.81. The molecule has 3 aromatic rings. The number of piperidine rings is 1. The molecule has 2 aliphatic heterocycles. The second kappa shape index (κ2) is 8.70. The molecule has 1 N–H and O–H groups in total. The van der Waals surface area contributed by atoms with Gasteiger partial charge in [-0.25, -0.2) is 4.79 Å². The van der Waals surface area contributed by atoms with E-state index in [9.17, 15) is 9.59 Å². The first-order valence-corrected chi connectivity index (χ1v) is 11.1. The van der Waals surface area contributed by atoms with Crippen molar-refractivity contribution in [1.82, 2.24) is 19.4 Å². The first-order chi connectivity index (χ1) is 15.6. The molecule has 168 valence electrons. The van der Waals surface area contributed by atoms with Crippen molar-refractivity contribution in [2.24, 2.45) is 0 Å². The molecule has 32 heavy (non-hydrogen) atoms. The third-order valence-corrected chi connectivity index (χ3v) is 6.38. The lowest BCUT2D eigenvalue weighted by Gasteiger charge is -2.34. The molecule has 1 amide bonds. The molecular formula is C24H28N4O4. The summed E-state index contributed by atoms with van der Waals surface area (Å²) in [5.74, 6) is 1.53. The van der Waals surface area contributed by atoms with E-state index in [2.05, 4.69) is 9.88 Å². The minimum atomic E-state index is -0.182. The molecule has 1 saturated heterocycles. The Morgan fingerprint density at radius 3 is 2.62 bits per heavy atom. The highest BCUT2D eigenvalue weighted by molar-refractivity contribution is 5.78. The standard InChI is InChI=1S/C24H28N4O4/c1-26(14-18-16-31-21-8-4-5-9-22(21)32-18)23(29)15-27-12-10-17(11-13-27)28-20-7-3-2-6-19(20)25-24(28)30/h2-9,17-18H,10-16H2,1H3,(H,25,30)/t18-/m0/s1. The van der Waals surface area contributed by atoms with Gasteiger partial charge in [0, 0.05) is 26.2 Å². The number of carbonyl (C=O) groups excluding carboxylic acids is 1. The lowest BCUT2D eigenvalue weighted by atomic mass is 10.0. The highest BCUT2D eigenvalue weighted by atomic mass is 16.6. The molecule has 5 rings (SSSR count). The minimum Gasteiger partial charge on any atom is -0.486 e. The number of nitrogens with zero attached hydrogens (tertiary/aromatic N) is 3. The van der Waals surface area contributed by atoms with Gasteiger partial charge in [0.25, 0.3) is 0 Å². The van der Waals surface area contributed by atoms with Crippen LogP contribution in [0.2, 0.25) is 0 Å². The minimum absolute atomic E-state index is 0.0586. The predicted molar refractivity (Wildman–Crippen MR) is 121 cm³/mol. The van der Waals surface area contributed by atoms with E-state index in [-0.39, 0.29) is 23.7 Å². The molecule has 1 fully saturated rings. The second-order valence-electron chi connectivity index (χ2n) is 8.60. The maximum absolute atomic E-state index is 12.8. The Morgan fingerprint density at radius 2 is 1.81 bits per heavy atom. The molecule has 0 spiro atoms. The lowest BCUT2D eigenvalue weighted by Crippen LogP contribution is -2.47. The van der Waals surface area contributed by atoms with Crippen LogP contribution in [-0.2, 0) is 4.79 Å². The molecule has 0 radical (unpaired) electrons. The van der Waals surface area contributed by atoms with Crippen molar-refractivity contribution in [3.05, 3.63) is 59.0 Å². The molecule has 0 bridgehead atoms. The number of nitrogens with one attached hydrogen (secondary N) is 1. The van der Waals surface area contributed by atoms with Crippen molar-refractivity contribution in [1.29, 1.82) is 0 Å². The Hall–Kier alpha value is -3.26. The molecule has 1 aromatic heterocycles. The van der Waals surface area contributed by atoms with Crippen LogP contribution >= 0.6 is 0 Å². The van der Waals surface area contributed by atoms with Crippen molar-refractivity contribution in [2.75, 3.05) is 39.8 Å². The molecule has 0 unspecified atom stereocenters. The van der Waals surface area contributed by atoms with Gasteiger partial charge in [0.05, 0.1) is 24.1 Å². The molecule has 3 heterocycles. The molecule has 8 heteroatoms. The fraction of sp³-hybridized carbons (Fsp3) is 0.417. The molecule has 1 atom stereocenters. The molecule has 0 saturated carbocycles. The van der Waals surface area contributed by atoms with Crippen LogP contribution in [0.4, 0.5) is 0 Å². The van der Waals surface area contributed by atoms with Crippen molar-refractivity contribution in [3.8, 4) is 11.5 Å². The van der Waals surface area contributed by atoms with E-state index in [0.29, 0.717) is 19.7 Å². The Bertz CT molecular complexity index is 1160. The number of benzene rings is 2. The summed E-state index contributed by atoms with van der Waals surface area (Å²) in [6.07, 6.45) is 1.50. The fourth-order valence-electron chi connectivity index (χ4n) is 4.64. The van der Waals surface area contributed by atoms with Crippen LogP contribution in [0.5, 0.6) is 11.5 Å². The summed E-state index contributed by atoms with van der Waals surface area (Å²) in [4.78, 5) is 32.1. The van der Waals surface area contributed by atoms with Gasteiger partial charge in [0.1, 0.15) is 6.61 Å². The third kappa shape index (κ3) is 4.10. The van der Waals surface area contributed by atoms with Crippen molar-refractivity contribution in [3.63, 3.8) is 0 Å². The molecular weight excluding hydrogens is 408 g/mol. The average molecular weight is 437 g/mol. The number of rotatable bonds is 5. The number of amides is 1. The monoisotopic (exact) mass is 436 g/mol. The molecule has 8 nitrogen and oxygen atoms in total. The highest BCUT2D eigenvalue weighted by Gasteiger charge is 2.27. The van der Waals surface area contributed by atoms with E-state index in [0.717, 1.165) is 48.5 Å². The topological polar surface area (TPSA) is 79.8 Å². The van der Waals surface area contributed by atoms with E-state index in [1.54, 1.807) is 4.90 Å². The number of fused-ring (bicyclic) bond motifs is 2. The number of ether oxygens (including phenoxy) is 2. The third-order valence-electron chi connectivity index (χ3n) is 6.38. The zero-order valence-corrected chi connectivity index (χ0v) is 18.2. The first kappa shape index (κ1) is 20.6. The van der Waals surface area contributed by atoms with Crippen LogP contribution in [0.15, 0.2) is 53.3 Å². The zero-order chi connectivity index (χ0) is 22.1. The Kier molecular flexibility index (Phi) is 5.61. The number of H-pyrrole nitrogens is 1. The van der Waals surface area contributed by atoms with Crippen molar-refractivity contribution < 1.29 is 14.3 Å². The van der Waals surface area contributed by atoms with Gasteiger partial charge in [-0.05, 0) is 37.1 Å². The smallest absolute Gasteiger partial charge is 0.326 e. The number of likely N-dealkylation sites (N-methyl/N-ethyl adjacent to an activating group) is 1. The van der Waals surface area contributed by atoms with E-state index >= 15 is 0 Å². The number of para-hydroxylation sites is 4. The maximum atomic E-state index is 12.8. The lowest BCUT2D eigenvalue weighted by molar-refractivity contribution is -0.132. The number of hydrogen-bond acceptors (Lipinski definition) is 5. The van der Waals surface area contributed by atoms with Gasteiger partial charge in [-0.15, -0.1) is 0 Å². The number of imidazole rings is 1. The number of aromatic nitrogens is 2. The highest BCUT2D eigenvalue weighted by Crippen LogP contribution is 2.31. The summed E-state index contributed by atoms with van der Waals surface area (Å²) in [6.45, 7) is 2.85. The van der Waals surface area contributed by atoms with Crippen molar-refractivity contribution >= 4 is 16.9 Å². The van der Waals surface area contributed by atoms with Gasteiger partial charge in [-0.1, -0.05) is 24.3 Å². The van der Waals surface area contributed by atoms with Crippen LogP contribution in [0.25, 0.3) is 11.0 Å². The second-order valence-corrected chi connectivity index (χ2v) is 8.60. The van der Waals surface area contributed by atoms with Gasteiger partial charge in [-0.2, -0.15) is 0 Å². The Labute approximate surface area is 186 Å². The van der Waals surface area contributed by atoms with Crippen LogP contribution in [0, 0.1) is 0 Å². The van der Waals surface area contributed by atoms with Crippen LogP contribution in [-0.4, -0.2) is 71.2 Å². The SMILES string of the molecule is CN(C[C@H]1COc2ccccc2O1)C(=O)CN1CCC(n2c(=O)[nH]c3ccccc32)CC1. The van der Waals surface area contributed by atoms with Crippen LogP contribution < -0.4 is 15.2 Å². The van der Waals surface area contributed by atoms with E-state index in [1.165, 1.54) is 0 Å². The predicted octanol–water partition coefficient (Wildman–Crippen LogP) is 2.26. The number of carbonyl (C=O) groups is 1. The number of aromatic amines is 1. The Balaban J connectivity index is 1.14. The summed E-state index contributed by atoms with van der Waals surface area (Å²) in [5, 5.41) is 0. The zero-order valence-electron chi connectivity index (χ0n) is 18.2.